The maximum Gasteiger partial charge on any atom is 0.416 e. The predicted octanol–water partition coefficient (Wildman–Crippen LogP) is 4.84. The SMILES string of the molecule is COC(=O)Cc1ccc(OC)c(-c2ccc(C(F)(F)F)cc2CN[C@@H]2c3ccccc3C[C@@H]2O)c1. The molecule has 0 saturated carbocycles. The van der Waals surface area contributed by atoms with Gasteiger partial charge in [0, 0.05) is 18.5 Å². The van der Waals surface area contributed by atoms with Gasteiger partial charge >= 0.3 is 12.1 Å². The molecule has 0 heterocycles. The Morgan fingerprint density at radius 2 is 1.83 bits per heavy atom. The van der Waals surface area contributed by atoms with E-state index in [1.54, 1.807) is 18.2 Å². The average Bonchev–Trinajstić information content (AvgIpc) is 3.16. The van der Waals surface area contributed by atoms with Gasteiger partial charge in [-0.15, -0.1) is 0 Å². The summed E-state index contributed by atoms with van der Waals surface area (Å²) >= 11 is 0. The Labute approximate surface area is 201 Å². The molecule has 0 radical (unpaired) electrons. The minimum atomic E-state index is -4.51. The quantitative estimate of drug-likeness (QED) is 0.469. The Bertz CT molecular complexity index is 1230. The number of alkyl halides is 3. The van der Waals surface area contributed by atoms with Crippen molar-refractivity contribution in [2.24, 2.45) is 0 Å². The highest BCUT2D eigenvalue weighted by atomic mass is 19.4. The number of esters is 1. The molecule has 184 valence electrons. The van der Waals surface area contributed by atoms with E-state index in [0.29, 0.717) is 34.4 Å². The summed E-state index contributed by atoms with van der Waals surface area (Å²) in [5.74, 6) is 0.0372. The molecule has 0 aliphatic heterocycles. The number of hydrogen-bond acceptors (Lipinski definition) is 5. The summed E-state index contributed by atoms with van der Waals surface area (Å²) < 4.78 is 50.9. The fourth-order valence-electron chi connectivity index (χ4n) is 4.53. The molecule has 5 nitrogen and oxygen atoms in total. The van der Waals surface area contributed by atoms with Crippen molar-refractivity contribution in [2.45, 2.75) is 37.7 Å². The molecule has 35 heavy (non-hydrogen) atoms. The van der Waals surface area contributed by atoms with Gasteiger partial charge < -0.3 is 19.9 Å². The number of nitrogens with one attached hydrogen (secondary N) is 1. The Morgan fingerprint density at radius 3 is 2.54 bits per heavy atom. The number of aliphatic hydroxyl groups is 1. The number of methoxy groups -OCH3 is 2. The van der Waals surface area contributed by atoms with Gasteiger partial charge in [0.15, 0.2) is 0 Å². The molecule has 1 aliphatic carbocycles. The van der Waals surface area contributed by atoms with Crippen LogP contribution in [0.2, 0.25) is 0 Å². The molecular formula is C27H26F3NO4. The van der Waals surface area contributed by atoms with Crippen LogP contribution in [0.15, 0.2) is 60.7 Å². The number of hydrogen-bond donors (Lipinski definition) is 2. The molecule has 3 aromatic carbocycles. The highest BCUT2D eigenvalue weighted by Gasteiger charge is 2.33. The van der Waals surface area contributed by atoms with Crippen LogP contribution in [0, 0.1) is 0 Å². The number of fused-ring (bicyclic) bond motifs is 1. The van der Waals surface area contributed by atoms with Crippen molar-refractivity contribution < 1.29 is 32.5 Å². The first-order chi connectivity index (χ1) is 16.7. The fourth-order valence-corrected chi connectivity index (χ4v) is 4.53. The summed E-state index contributed by atoms with van der Waals surface area (Å²) in [5, 5.41) is 13.8. The van der Waals surface area contributed by atoms with Crippen LogP contribution in [-0.2, 0) is 35.1 Å². The van der Waals surface area contributed by atoms with Crippen molar-refractivity contribution >= 4 is 5.97 Å². The van der Waals surface area contributed by atoms with Crippen LogP contribution < -0.4 is 10.1 Å². The number of aliphatic hydroxyl groups excluding tert-OH is 1. The summed E-state index contributed by atoms with van der Waals surface area (Å²) in [5.41, 5.74) is 3.32. The van der Waals surface area contributed by atoms with Crippen LogP contribution in [0.25, 0.3) is 11.1 Å². The second-order valence-electron chi connectivity index (χ2n) is 8.49. The van der Waals surface area contributed by atoms with E-state index < -0.39 is 29.9 Å². The lowest BCUT2D eigenvalue weighted by Gasteiger charge is -2.21. The first kappa shape index (κ1) is 24.8. The molecule has 2 atom stereocenters. The van der Waals surface area contributed by atoms with Crippen molar-refractivity contribution in [1.82, 2.24) is 5.32 Å². The maximum absolute atomic E-state index is 13.6. The summed E-state index contributed by atoms with van der Waals surface area (Å²) in [6.45, 7) is 0.0830. The molecule has 4 rings (SSSR count). The van der Waals surface area contributed by atoms with Gasteiger partial charge in [-0.25, -0.2) is 0 Å². The van der Waals surface area contributed by atoms with Crippen molar-refractivity contribution in [2.75, 3.05) is 14.2 Å². The van der Waals surface area contributed by atoms with Crippen LogP contribution >= 0.6 is 0 Å². The second kappa shape index (κ2) is 10.1. The van der Waals surface area contributed by atoms with Gasteiger partial charge in [-0.1, -0.05) is 36.4 Å². The van der Waals surface area contributed by atoms with Crippen molar-refractivity contribution in [3.05, 3.63) is 88.5 Å². The summed E-state index contributed by atoms with van der Waals surface area (Å²) in [6.07, 6.45) is -4.69. The molecule has 2 N–H and O–H groups in total. The van der Waals surface area contributed by atoms with Gasteiger partial charge in [-0.05, 0) is 52.1 Å². The second-order valence-corrected chi connectivity index (χ2v) is 8.49. The predicted molar refractivity (Wildman–Crippen MR) is 125 cm³/mol. The third kappa shape index (κ3) is 5.33. The molecule has 3 aromatic rings. The van der Waals surface area contributed by atoms with Crippen LogP contribution in [0.1, 0.15) is 33.9 Å². The third-order valence-electron chi connectivity index (χ3n) is 6.28. The van der Waals surface area contributed by atoms with E-state index in [1.807, 2.05) is 24.3 Å². The molecule has 0 amide bonds. The largest absolute Gasteiger partial charge is 0.496 e. The zero-order chi connectivity index (χ0) is 25.2. The summed E-state index contributed by atoms with van der Waals surface area (Å²) in [6, 6.07) is 15.9. The summed E-state index contributed by atoms with van der Waals surface area (Å²) in [4.78, 5) is 11.8. The molecule has 0 bridgehead atoms. The highest BCUT2D eigenvalue weighted by molar-refractivity contribution is 5.77. The van der Waals surface area contributed by atoms with Crippen molar-refractivity contribution in [3.63, 3.8) is 0 Å². The van der Waals surface area contributed by atoms with Crippen LogP contribution in [-0.4, -0.2) is 31.4 Å². The normalized spacial score (nSPS) is 17.2. The molecule has 0 unspecified atom stereocenters. The van der Waals surface area contributed by atoms with E-state index in [2.05, 4.69) is 5.32 Å². The summed E-state index contributed by atoms with van der Waals surface area (Å²) in [7, 11) is 2.77. The Balaban J connectivity index is 1.73. The molecule has 0 saturated heterocycles. The van der Waals surface area contributed by atoms with E-state index in [-0.39, 0.29) is 13.0 Å². The van der Waals surface area contributed by atoms with Gasteiger partial charge in [-0.2, -0.15) is 13.2 Å². The van der Waals surface area contributed by atoms with Crippen molar-refractivity contribution in [3.8, 4) is 16.9 Å². The van der Waals surface area contributed by atoms with Gasteiger partial charge in [0.25, 0.3) is 0 Å². The maximum atomic E-state index is 13.6. The standard InChI is InChI=1S/C27H26F3NO4/c1-34-24-10-7-16(12-25(33)35-2)11-22(24)20-9-8-19(27(28,29)30)13-18(20)15-31-26-21-6-4-3-5-17(21)14-23(26)32/h3-11,13,23,26,31-32H,12,14-15H2,1-2H3/t23-,26+/m0/s1. The fraction of sp³-hybridized carbons (Fsp3) is 0.296. The van der Waals surface area contributed by atoms with Gasteiger partial charge in [0.05, 0.1) is 38.3 Å². The zero-order valence-corrected chi connectivity index (χ0v) is 19.4. The molecule has 0 aromatic heterocycles. The van der Waals surface area contributed by atoms with E-state index >= 15 is 0 Å². The number of ether oxygens (including phenoxy) is 2. The lowest BCUT2D eigenvalue weighted by molar-refractivity contribution is -0.140. The molecule has 0 fully saturated rings. The van der Waals surface area contributed by atoms with Gasteiger partial charge in [0.2, 0.25) is 0 Å². The number of halogens is 3. The minimum Gasteiger partial charge on any atom is -0.496 e. The Hall–Kier alpha value is -3.36. The molecule has 0 spiro atoms. The van der Waals surface area contributed by atoms with Crippen molar-refractivity contribution in [1.29, 1.82) is 0 Å². The molecular weight excluding hydrogens is 459 g/mol. The van der Waals surface area contributed by atoms with E-state index in [4.69, 9.17) is 9.47 Å². The molecule has 8 heteroatoms. The Kier molecular flexibility index (Phi) is 7.14. The Morgan fingerprint density at radius 1 is 1.06 bits per heavy atom. The van der Waals surface area contributed by atoms with E-state index in [1.165, 1.54) is 20.3 Å². The smallest absolute Gasteiger partial charge is 0.416 e. The van der Waals surface area contributed by atoms with E-state index in [9.17, 15) is 23.1 Å². The lowest BCUT2D eigenvalue weighted by atomic mass is 9.94. The zero-order valence-electron chi connectivity index (χ0n) is 19.4. The average molecular weight is 486 g/mol. The number of carbonyl (C=O) groups excluding carboxylic acids is 1. The van der Waals surface area contributed by atoms with Gasteiger partial charge in [-0.3, -0.25) is 4.79 Å². The minimum absolute atomic E-state index is 0.0206. The molecule has 1 aliphatic rings. The first-order valence-corrected chi connectivity index (χ1v) is 11.1. The topological polar surface area (TPSA) is 67.8 Å². The highest BCUT2D eigenvalue weighted by Crippen LogP contribution is 2.38. The van der Waals surface area contributed by atoms with Crippen LogP contribution in [0.3, 0.4) is 0 Å². The van der Waals surface area contributed by atoms with Crippen LogP contribution in [0.4, 0.5) is 13.2 Å². The van der Waals surface area contributed by atoms with Gasteiger partial charge in [0.1, 0.15) is 5.75 Å². The lowest BCUT2D eigenvalue weighted by Crippen LogP contribution is -2.28. The third-order valence-corrected chi connectivity index (χ3v) is 6.28. The number of rotatable bonds is 7. The number of benzene rings is 3. The van der Waals surface area contributed by atoms with Crippen LogP contribution in [0.5, 0.6) is 5.75 Å². The first-order valence-electron chi connectivity index (χ1n) is 11.1. The van der Waals surface area contributed by atoms with E-state index in [0.717, 1.165) is 23.3 Å². The number of carbonyl (C=O) groups is 1. The monoisotopic (exact) mass is 485 g/mol.